The molecule has 2 aromatic rings. The molecule has 34 heavy (non-hydrogen) atoms. The Labute approximate surface area is 206 Å². The van der Waals surface area contributed by atoms with Gasteiger partial charge in [-0.05, 0) is 89.1 Å². The number of nitrogens with zero attached hydrogens (tertiary/aromatic N) is 1. The number of anilines is 1. The van der Waals surface area contributed by atoms with Crippen LogP contribution in [-0.4, -0.2) is 25.7 Å². The number of unbranched alkanes of at least 4 members (excludes halogenated alkanes) is 2. The zero-order chi connectivity index (χ0) is 25.0. The van der Waals surface area contributed by atoms with Crippen molar-refractivity contribution >= 4 is 41.9 Å². The Morgan fingerprint density at radius 3 is 2.32 bits per heavy atom. The van der Waals surface area contributed by atoms with Crippen molar-refractivity contribution in [3.63, 3.8) is 0 Å². The summed E-state index contributed by atoms with van der Waals surface area (Å²) in [7, 11) is -2.11. The SMILES string of the molecule is CC/C=c1/cc2c(cc1C)=Nc1cc(C)c(NCCCCCC(=O)O)cc1[Si]2(C(C)C)C(C)C. The van der Waals surface area contributed by atoms with E-state index < -0.39 is 14.0 Å². The number of carboxylic acids is 1. The zero-order valence-electron chi connectivity index (χ0n) is 22.1. The van der Waals surface area contributed by atoms with E-state index in [-0.39, 0.29) is 6.42 Å². The van der Waals surface area contributed by atoms with Gasteiger partial charge in [0.2, 0.25) is 0 Å². The van der Waals surface area contributed by atoms with Crippen molar-refractivity contribution in [3.8, 4) is 0 Å². The molecule has 0 aliphatic carbocycles. The molecule has 1 aliphatic rings. The Balaban J connectivity index is 2.08. The minimum atomic E-state index is -2.11. The summed E-state index contributed by atoms with van der Waals surface area (Å²) >= 11 is 0. The molecule has 2 N–H and O–H groups in total. The number of fused-ring (bicyclic) bond motifs is 2. The molecule has 5 heteroatoms. The second-order valence-electron chi connectivity index (χ2n) is 10.4. The molecule has 1 aliphatic heterocycles. The van der Waals surface area contributed by atoms with Gasteiger partial charge in [0.15, 0.2) is 0 Å². The molecule has 0 aromatic heterocycles. The topological polar surface area (TPSA) is 61.7 Å². The third kappa shape index (κ3) is 5.00. The fourth-order valence-corrected chi connectivity index (χ4v) is 11.9. The fourth-order valence-electron chi connectivity index (χ4n) is 5.87. The minimum absolute atomic E-state index is 0.257. The Morgan fingerprint density at radius 1 is 1.00 bits per heavy atom. The van der Waals surface area contributed by atoms with Crippen LogP contribution < -0.4 is 26.3 Å². The van der Waals surface area contributed by atoms with Crippen LogP contribution in [0.25, 0.3) is 6.08 Å². The number of aliphatic carboxylic acids is 1. The van der Waals surface area contributed by atoms with Crippen LogP contribution in [0.2, 0.25) is 11.1 Å². The summed E-state index contributed by atoms with van der Waals surface area (Å²) in [5.41, 5.74) is 5.97. The maximum absolute atomic E-state index is 10.7. The predicted molar refractivity (Wildman–Crippen MR) is 147 cm³/mol. The molecule has 0 unspecified atom stereocenters. The minimum Gasteiger partial charge on any atom is -0.481 e. The highest BCUT2D eigenvalue weighted by Crippen LogP contribution is 2.37. The molecule has 0 spiro atoms. The molecule has 0 fully saturated rings. The molecule has 184 valence electrons. The van der Waals surface area contributed by atoms with Crippen molar-refractivity contribution in [2.75, 3.05) is 11.9 Å². The monoisotopic (exact) mass is 478 g/mol. The van der Waals surface area contributed by atoms with Crippen LogP contribution in [0.15, 0.2) is 29.3 Å². The second-order valence-corrected chi connectivity index (χ2v) is 15.6. The first-order valence-electron chi connectivity index (χ1n) is 12.9. The molecular weight excluding hydrogens is 436 g/mol. The lowest BCUT2D eigenvalue weighted by atomic mass is 10.1. The number of hydrogen-bond donors (Lipinski definition) is 2. The Morgan fingerprint density at radius 2 is 1.71 bits per heavy atom. The summed E-state index contributed by atoms with van der Waals surface area (Å²) in [6, 6.07) is 9.45. The maximum Gasteiger partial charge on any atom is 0.303 e. The fraction of sp³-hybridized carbons (Fsp3) is 0.517. The number of rotatable bonds is 10. The molecule has 0 saturated heterocycles. The van der Waals surface area contributed by atoms with Crippen LogP contribution in [0, 0.1) is 13.8 Å². The molecule has 0 amide bonds. The van der Waals surface area contributed by atoms with E-state index in [1.165, 1.54) is 37.8 Å². The van der Waals surface area contributed by atoms with Crippen LogP contribution in [0.5, 0.6) is 0 Å². The van der Waals surface area contributed by atoms with E-state index >= 15 is 0 Å². The Kier molecular flexibility index (Phi) is 8.40. The van der Waals surface area contributed by atoms with Gasteiger partial charge in [-0.3, -0.25) is 4.79 Å². The van der Waals surface area contributed by atoms with Crippen LogP contribution >= 0.6 is 0 Å². The normalized spacial score (nSPS) is 14.7. The average Bonchev–Trinajstić information content (AvgIpc) is 2.75. The summed E-state index contributed by atoms with van der Waals surface area (Å²) in [5, 5.41) is 18.0. The number of aryl methyl sites for hydroxylation is 2. The number of benzene rings is 2. The third-order valence-corrected chi connectivity index (χ3v) is 13.7. The molecule has 1 heterocycles. The largest absolute Gasteiger partial charge is 0.481 e. The van der Waals surface area contributed by atoms with Crippen molar-refractivity contribution < 1.29 is 9.90 Å². The number of nitrogens with one attached hydrogen (secondary N) is 1. The van der Waals surface area contributed by atoms with Gasteiger partial charge in [-0.25, -0.2) is 4.99 Å². The lowest BCUT2D eigenvalue weighted by molar-refractivity contribution is -0.137. The van der Waals surface area contributed by atoms with Crippen LogP contribution in [-0.2, 0) is 4.79 Å². The molecule has 4 nitrogen and oxygen atoms in total. The van der Waals surface area contributed by atoms with Gasteiger partial charge in [0.25, 0.3) is 0 Å². The summed E-state index contributed by atoms with van der Waals surface area (Å²) in [4.78, 5) is 16.0. The van der Waals surface area contributed by atoms with Gasteiger partial charge in [0, 0.05) is 18.7 Å². The smallest absolute Gasteiger partial charge is 0.303 e. The molecule has 0 saturated carbocycles. The van der Waals surface area contributed by atoms with Gasteiger partial charge >= 0.3 is 5.97 Å². The van der Waals surface area contributed by atoms with E-state index in [9.17, 15) is 4.79 Å². The predicted octanol–water partition coefficient (Wildman–Crippen LogP) is 5.20. The maximum atomic E-state index is 10.7. The van der Waals surface area contributed by atoms with E-state index in [1.807, 2.05) is 0 Å². The van der Waals surface area contributed by atoms with Crippen LogP contribution in [0.4, 0.5) is 11.4 Å². The van der Waals surface area contributed by atoms with Gasteiger partial charge in [-0.2, -0.15) is 0 Å². The summed E-state index contributed by atoms with van der Waals surface area (Å²) in [6.07, 6.45) is 6.28. The van der Waals surface area contributed by atoms with Crippen molar-refractivity contribution in [2.24, 2.45) is 4.99 Å². The highest BCUT2D eigenvalue weighted by molar-refractivity contribution is 7.05. The molecule has 3 rings (SSSR count). The van der Waals surface area contributed by atoms with Gasteiger partial charge in [-0.1, -0.05) is 53.2 Å². The summed E-state index contributed by atoms with van der Waals surface area (Å²) in [5.74, 6) is -0.707. The van der Waals surface area contributed by atoms with Gasteiger partial charge in [0.1, 0.15) is 8.07 Å². The van der Waals surface area contributed by atoms with Crippen molar-refractivity contribution in [3.05, 3.63) is 46.0 Å². The first kappa shape index (κ1) is 26.2. The summed E-state index contributed by atoms with van der Waals surface area (Å²) in [6.45, 7) is 17.1. The van der Waals surface area contributed by atoms with E-state index in [2.05, 4.69) is 84.1 Å². The summed E-state index contributed by atoms with van der Waals surface area (Å²) < 4.78 is 0. The molecule has 0 radical (unpaired) electrons. The highest BCUT2D eigenvalue weighted by atomic mass is 28.3. The van der Waals surface area contributed by atoms with Crippen molar-refractivity contribution in [1.29, 1.82) is 0 Å². The van der Waals surface area contributed by atoms with E-state index in [1.54, 1.807) is 0 Å². The Hall–Kier alpha value is -2.40. The van der Waals surface area contributed by atoms with E-state index in [4.69, 9.17) is 10.1 Å². The second kappa shape index (κ2) is 10.9. The number of carboxylic acid groups (broad SMARTS) is 1. The first-order valence-corrected chi connectivity index (χ1v) is 15.1. The number of hydrogen-bond acceptors (Lipinski definition) is 3. The lowest BCUT2D eigenvalue weighted by Crippen LogP contribution is -2.69. The quantitative estimate of drug-likeness (QED) is 0.364. The van der Waals surface area contributed by atoms with Gasteiger partial charge < -0.3 is 10.4 Å². The molecular formula is C29H42N2O2Si. The first-order chi connectivity index (χ1) is 16.1. The van der Waals surface area contributed by atoms with Crippen LogP contribution in [0.3, 0.4) is 0 Å². The van der Waals surface area contributed by atoms with Crippen LogP contribution in [0.1, 0.15) is 77.8 Å². The third-order valence-electron chi connectivity index (χ3n) is 7.49. The Bertz CT molecular complexity index is 1160. The van der Waals surface area contributed by atoms with E-state index in [0.717, 1.165) is 37.9 Å². The zero-order valence-corrected chi connectivity index (χ0v) is 23.1. The van der Waals surface area contributed by atoms with Crippen molar-refractivity contribution in [2.45, 2.75) is 91.7 Å². The number of carbonyl (C=O) groups is 1. The standard InChI is InChI=1S/C29H42N2O2Si/c1-8-12-23-17-27-25(15-21(23)6)31-26-16-22(7)24(30-14-11-9-10-13-29(32)33)18-28(26)34(27,19(2)3)20(4)5/h12,15-20,30H,8-11,13-14H2,1-7H3,(H,32,33)/b23-12-. The van der Waals surface area contributed by atoms with E-state index in [0.29, 0.717) is 11.1 Å². The molecule has 0 atom stereocenters. The highest BCUT2D eigenvalue weighted by Gasteiger charge is 2.47. The molecule has 0 bridgehead atoms. The van der Waals surface area contributed by atoms with Crippen molar-refractivity contribution in [1.82, 2.24) is 0 Å². The average molecular weight is 479 g/mol. The molecule has 2 aromatic carbocycles. The van der Waals surface area contributed by atoms with Gasteiger partial charge in [-0.15, -0.1) is 0 Å². The van der Waals surface area contributed by atoms with Gasteiger partial charge in [0.05, 0.1) is 11.0 Å². The lowest BCUT2D eigenvalue weighted by Gasteiger charge is -2.43.